The first-order valence-electron chi connectivity index (χ1n) is 4.75. The second kappa shape index (κ2) is 4.68. The Labute approximate surface area is 87.7 Å². The fourth-order valence-corrected chi connectivity index (χ4v) is 1.43. The van der Waals surface area contributed by atoms with E-state index in [-0.39, 0.29) is 6.04 Å². The molecule has 0 aromatic carbocycles. The van der Waals surface area contributed by atoms with Crippen LogP contribution in [-0.2, 0) is 6.42 Å². The van der Waals surface area contributed by atoms with Crippen LogP contribution in [0.25, 0.3) is 0 Å². The predicted molar refractivity (Wildman–Crippen MR) is 56.6 cm³/mol. The fourth-order valence-electron chi connectivity index (χ4n) is 1.43. The molecule has 0 saturated carbocycles. The molecule has 0 aliphatic heterocycles. The third-order valence-electron chi connectivity index (χ3n) is 2.19. The summed E-state index contributed by atoms with van der Waals surface area (Å²) in [6.07, 6.45) is 5.96. The highest BCUT2D eigenvalue weighted by atomic mass is 15.2. The Morgan fingerprint density at radius 2 is 2.27 bits per heavy atom. The van der Waals surface area contributed by atoms with Crippen molar-refractivity contribution in [2.75, 3.05) is 0 Å². The van der Waals surface area contributed by atoms with Gasteiger partial charge in [0, 0.05) is 30.7 Å². The third-order valence-corrected chi connectivity index (χ3v) is 2.19. The number of aromatic nitrogens is 3. The first-order chi connectivity index (χ1) is 7.40. The van der Waals surface area contributed by atoms with Gasteiger partial charge in [-0.3, -0.25) is 10.8 Å². The second-order valence-electron chi connectivity index (χ2n) is 3.22. The number of imidazole rings is 1. The molecular formula is C10H13N5. The molecule has 1 unspecified atom stereocenters. The lowest BCUT2D eigenvalue weighted by Crippen LogP contribution is -2.30. The van der Waals surface area contributed by atoms with Crippen LogP contribution < -0.4 is 11.3 Å². The van der Waals surface area contributed by atoms with Crippen molar-refractivity contribution < 1.29 is 0 Å². The number of nitrogens with zero attached hydrogens (tertiary/aromatic N) is 2. The van der Waals surface area contributed by atoms with Crippen molar-refractivity contribution in [1.82, 2.24) is 20.4 Å². The van der Waals surface area contributed by atoms with Gasteiger partial charge in [-0.2, -0.15) is 0 Å². The largest absolute Gasteiger partial charge is 0.347 e. The lowest BCUT2D eigenvalue weighted by molar-refractivity contribution is 0.522. The first kappa shape index (κ1) is 9.82. The summed E-state index contributed by atoms with van der Waals surface area (Å²) >= 11 is 0. The van der Waals surface area contributed by atoms with Crippen LogP contribution in [-0.4, -0.2) is 15.0 Å². The van der Waals surface area contributed by atoms with E-state index in [1.807, 2.05) is 18.2 Å². The average Bonchev–Trinajstić information content (AvgIpc) is 2.81. The Bertz CT molecular complexity index is 383. The van der Waals surface area contributed by atoms with Crippen molar-refractivity contribution in [3.63, 3.8) is 0 Å². The van der Waals surface area contributed by atoms with E-state index in [4.69, 9.17) is 5.84 Å². The molecule has 0 amide bonds. The number of nitrogens with one attached hydrogen (secondary N) is 2. The Morgan fingerprint density at radius 1 is 1.33 bits per heavy atom. The third kappa shape index (κ3) is 2.39. The van der Waals surface area contributed by atoms with Crippen molar-refractivity contribution in [2.24, 2.45) is 5.84 Å². The van der Waals surface area contributed by atoms with E-state index in [1.54, 1.807) is 18.6 Å². The minimum Gasteiger partial charge on any atom is -0.347 e. The predicted octanol–water partition coefficient (Wildman–Crippen LogP) is 0.552. The van der Waals surface area contributed by atoms with E-state index in [0.29, 0.717) is 6.42 Å². The van der Waals surface area contributed by atoms with Crippen LogP contribution in [0.2, 0.25) is 0 Å². The molecule has 4 N–H and O–H groups in total. The smallest absolute Gasteiger partial charge is 0.124 e. The van der Waals surface area contributed by atoms with Gasteiger partial charge in [0.15, 0.2) is 0 Å². The number of nitrogens with two attached hydrogens (primary N) is 1. The topological polar surface area (TPSA) is 79.6 Å². The van der Waals surface area contributed by atoms with E-state index >= 15 is 0 Å². The van der Waals surface area contributed by atoms with Gasteiger partial charge in [0.05, 0.1) is 6.04 Å². The summed E-state index contributed by atoms with van der Waals surface area (Å²) in [4.78, 5) is 11.4. The summed E-state index contributed by atoms with van der Waals surface area (Å²) in [5.74, 6) is 6.30. The van der Waals surface area contributed by atoms with Gasteiger partial charge < -0.3 is 4.98 Å². The first-order valence-corrected chi connectivity index (χ1v) is 4.75. The molecule has 2 rings (SSSR count). The highest BCUT2D eigenvalue weighted by Crippen LogP contribution is 2.11. The fraction of sp³-hybridized carbons (Fsp3) is 0.200. The van der Waals surface area contributed by atoms with Crippen molar-refractivity contribution in [1.29, 1.82) is 0 Å². The maximum atomic E-state index is 5.47. The number of rotatable bonds is 4. The Hall–Kier alpha value is -1.72. The quantitative estimate of drug-likeness (QED) is 0.501. The Balaban J connectivity index is 2.10. The number of hydrazine groups is 1. The number of hydrogen-bond acceptors (Lipinski definition) is 4. The van der Waals surface area contributed by atoms with Gasteiger partial charge in [0.1, 0.15) is 5.82 Å². The van der Waals surface area contributed by atoms with E-state index < -0.39 is 0 Å². The highest BCUT2D eigenvalue weighted by molar-refractivity contribution is 5.08. The molecule has 0 radical (unpaired) electrons. The summed E-state index contributed by atoms with van der Waals surface area (Å²) in [5.41, 5.74) is 3.70. The SMILES string of the molecule is NNC(Cc1ccccn1)c1ncc[nH]1. The van der Waals surface area contributed by atoms with E-state index in [1.165, 1.54) is 0 Å². The molecule has 5 heteroatoms. The maximum absolute atomic E-state index is 5.47. The van der Waals surface area contributed by atoms with Gasteiger partial charge in [-0.15, -0.1) is 0 Å². The van der Waals surface area contributed by atoms with Crippen molar-refractivity contribution >= 4 is 0 Å². The van der Waals surface area contributed by atoms with E-state index in [9.17, 15) is 0 Å². The average molecular weight is 203 g/mol. The highest BCUT2D eigenvalue weighted by Gasteiger charge is 2.12. The van der Waals surface area contributed by atoms with Gasteiger partial charge in [-0.1, -0.05) is 6.07 Å². The second-order valence-corrected chi connectivity index (χ2v) is 3.22. The van der Waals surface area contributed by atoms with Gasteiger partial charge in [-0.05, 0) is 12.1 Å². The summed E-state index contributed by atoms with van der Waals surface area (Å²) in [7, 11) is 0. The van der Waals surface area contributed by atoms with Crippen LogP contribution in [0.5, 0.6) is 0 Å². The van der Waals surface area contributed by atoms with Crippen LogP contribution >= 0.6 is 0 Å². The molecule has 5 nitrogen and oxygen atoms in total. The zero-order chi connectivity index (χ0) is 10.5. The molecule has 0 aliphatic rings. The van der Waals surface area contributed by atoms with Crippen LogP contribution in [0.4, 0.5) is 0 Å². The molecule has 2 aromatic heterocycles. The molecule has 0 aliphatic carbocycles. The lowest BCUT2D eigenvalue weighted by Gasteiger charge is -2.12. The van der Waals surface area contributed by atoms with E-state index in [2.05, 4.69) is 20.4 Å². The van der Waals surface area contributed by atoms with Crippen LogP contribution in [0.1, 0.15) is 17.6 Å². The number of aromatic amines is 1. The standard InChI is InChI=1S/C10H13N5/c11-15-9(10-13-5-6-14-10)7-8-3-1-2-4-12-8/h1-6,9,15H,7,11H2,(H,13,14). The molecule has 0 spiro atoms. The van der Waals surface area contributed by atoms with Gasteiger partial charge in [-0.25, -0.2) is 10.4 Å². The molecular weight excluding hydrogens is 190 g/mol. The summed E-state index contributed by atoms with van der Waals surface area (Å²) in [6.45, 7) is 0. The van der Waals surface area contributed by atoms with Crippen LogP contribution in [0.3, 0.4) is 0 Å². The molecule has 2 heterocycles. The molecule has 2 aromatic rings. The zero-order valence-corrected chi connectivity index (χ0v) is 8.22. The molecule has 1 atom stereocenters. The molecule has 0 bridgehead atoms. The molecule has 15 heavy (non-hydrogen) atoms. The van der Waals surface area contributed by atoms with E-state index in [0.717, 1.165) is 11.5 Å². The lowest BCUT2D eigenvalue weighted by atomic mass is 10.1. The van der Waals surface area contributed by atoms with Crippen molar-refractivity contribution in [3.8, 4) is 0 Å². The van der Waals surface area contributed by atoms with Crippen molar-refractivity contribution in [3.05, 3.63) is 48.3 Å². The maximum Gasteiger partial charge on any atom is 0.124 e. The molecule has 0 saturated heterocycles. The van der Waals surface area contributed by atoms with Gasteiger partial charge >= 0.3 is 0 Å². The minimum atomic E-state index is -0.0325. The zero-order valence-electron chi connectivity index (χ0n) is 8.22. The summed E-state index contributed by atoms with van der Waals surface area (Å²) in [5, 5.41) is 0. The monoisotopic (exact) mass is 203 g/mol. The summed E-state index contributed by atoms with van der Waals surface area (Å²) in [6, 6.07) is 5.78. The molecule has 0 fully saturated rings. The van der Waals surface area contributed by atoms with Crippen LogP contribution in [0, 0.1) is 0 Å². The van der Waals surface area contributed by atoms with Gasteiger partial charge in [0.2, 0.25) is 0 Å². The normalized spacial score (nSPS) is 12.6. The Morgan fingerprint density at radius 3 is 2.87 bits per heavy atom. The van der Waals surface area contributed by atoms with Crippen molar-refractivity contribution in [2.45, 2.75) is 12.5 Å². The van der Waals surface area contributed by atoms with Gasteiger partial charge in [0.25, 0.3) is 0 Å². The molecule has 78 valence electrons. The summed E-state index contributed by atoms with van der Waals surface area (Å²) < 4.78 is 0. The number of H-pyrrole nitrogens is 1. The Kier molecular flexibility index (Phi) is 3.06. The number of hydrogen-bond donors (Lipinski definition) is 3. The van der Waals surface area contributed by atoms with Crippen LogP contribution in [0.15, 0.2) is 36.8 Å². The number of pyridine rings is 1. The minimum absolute atomic E-state index is 0.0325.